The molecule has 0 radical (unpaired) electrons. The molecule has 2 aromatic rings. The van der Waals surface area contributed by atoms with Gasteiger partial charge in [0, 0.05) is 22.5 Å². The summed E-state index contributed by atoms with van der Waals surface area (Å²) in [5.41, 5.74) is 0.674. The Morgan fingerprint density at radius 2 is 2.05 bits per heavy atom. The molecule has 0 saturated heterocycles. The van der Waals surface area contributed by atoms with Gasteiger partial charge in [-0.05, 0) is 49.7 Å². The van der Waals surface area contributed by atoms with Crippen molar-refractivity contribution in [3.8, 4) is 0 Å². The van der Waals surface area contributed by atoms with E-state index >= 15 is 0 Å². The third kappa shape index (κ3) is 4.24. The first-order chi connectivity index (χ1) is 9.15. The second-order valence-corrected chi connectivity index (χ2v) is 5.42. The van der Waals surface area contributed by atoms with Crippen LogP contribution in [0.4, 0.5) is 0 Å². The SMILES string of the molecule is CC(CCc1ccco1)NC(=O)c1ccc(Br)cc1. The van der Waals surface area contributed by atoms with Crippen LogP contribution in [-0.2, 0) is 6.42 Å². The molecule has 1 heterocycles. The number of carbonyl (C=O) groups is 1. The van der Waals surface area contributed by atoms with Crippen molar-refractivity contribution in [1.29, 1.82) is 0 Å². The largest absolute Gasteiger partial charge is 0.469 e. The van der Waals surface area contributed by atoms with Gasteiger partial charge in [0.1, 0.15) is 5.76 Å². The van der Waals surface area contributed by atoms with Gasteiger partial charge in [0.05, 0.1) is 6.26 Å². The number of carbonyl (C=O) groups excluding carboxylic acids is 1. The number of furan rings is 1. The van der Waals surface area contributed by atoms with Crippen molar-refractivity contribution in [2.45, 2.75) is 25.8 Å². The summed E-state index contributed by atoms with van der Waals surface area (Å²) >= 11 is 3.35. The van der Waals surface area contributed by atoms with E-state index < -0.39 is 0 Å². The van der Waals surface area contributed by atoms with Crippen LogP contribution in [0.3, 0.4) is 0 Å². The van der Waals surface area contributed by atoms with Crippen molar-refractivity contribution in [3.63, 3.8) is 0 Å². The van der Waals surface area contributed by atoms with Crippen LogP contribution in [0.2, 0.25) is 0 Å². The first-order valence-electron chi connectivity index (χ1n) is 6.24. The minimum absolute atomic E-state index is 0.0422. The van der Waals surface area contributed by atoms with Crippen LogP contribution in [0.25, 0.3) is 0 Å². The van der Waals surface area contributed by atoms with Crippen molar-refractivity contribution in [3.05, 3.63) is 58.5 Å². The molecular formula is C15H16BrNO2. The molecule has 0 spiro atoms. The number of amides is 1. The molecule has 19 heavy (non-hydrogen) atoms. The van der Waals surface area contributed by atoms with E-state index in [4.69, 9.17) is 4.42 Å². The normalized spacial score (nSPS) is 12.1. The maximum atomic E-state index is 12.0. The van der Waals surface area contributed by atoms with Gasteiger partial charge in [-0.2, -0.15) is 0 Å². The molecule has 1 aromatic heterocycles. The average molecular weight is 322 g/mol. The molecule has 0 aliphatic carbocycles. The summed E-state index contributed by atoms with van der Waals surface area (Å²) in [5.74, 6) is 0.907. The Labute approximate surface area is 121 Å². The average Bonchev–Trinajstić information content (AvgIpc) is 2.90. The molecule has 1 atom stereocenters. The monoisotopic (exact) mass is 321 g/mol. The first-order valence-corrected chi connectivity index (χ1v) is 7.03. The van der Waals surface area contributed by atoms with Crippen LogP contribution in [0.5, 0.6) is 0 Å². The second kappa shape index (κ2) is 6.57. The topological polar surface area (TPSA) is 42.2 Å². The summed E-state index contributed by atoms with van der Waals surface area (Å²) in [7, 11) is 0. The Hall–Kier alpha value is -1.55. The van der Waals surface area contributed by atoms with Gasteiger partial charge in [-0.1, -0.05) is 15.9 Å². The van der Waals surface area contributed by atoms with Gasteiger partial charge in [0.2, 0.25) is 0 Å². The maximum absolute atomic E-state index is 12.0. The highest BCUT2D eigenvalue weighted by molar-refractivity contribution is 9.10. The van der Waals surface area contributed by atoms with Gasteiger partial charge in [-0.3, -0.25) is 4.79 Å². The highest BCUT2D eigenvalue weighted by atomic mass is 79.9. The number of nitrogens with one attached hydrogen (secondary N) is 1. The molecule has 1 unspecified atom stereocenters. The Balaban J connectivity index is 1.83. The van der Waals surface area contributed by atoms with Crippen LogP contribution in [0.15, 0.2) is 51.6 Å². The van der Waals surface area contributed by atoms with Crippen molar-refractivity contribution < 1.29 is 9.21 Å². The van der Waals surface area contributed by atoms with Crippen molar-refractivity contribution in [1.82, 2.24) is 5.32 Å². The van der Waals surface area contributed by atoms with Gasteiger partial charge in [0.15, 0.2) is 0 Å². The number of hydrogen-bond donors (Lipinski definition) is 1. The quantitative estimate of drug-likeness (QED) is 0.910. The van der Waals surface area contributed by atoms with Crippen LogP contribution in [-0.4, -0.2) is 11.9 Å². The molecule has 0 fully saturated rings. The van der Waals surface area contributed by atoms with E-state index in [-0.39, 0.29) is 11.9 Å². The van der Waals surface area contributed by atoms with Crippen LogP contribution in [0.1, 0.15) is 29.5 Å². The molecule has 0 aliphatic rings. The van der Waals surface area contributed by atoms with Crippen LogP contribution >= 0.6 is 15.9 Å². The summed E-state index contributed by atoms with van der Waals surface area (Å²) in [6.07, 6.45) is 3.35. The lowest BCUT2D eigenvalue weighted by Gasteiger charge is -2.13. The summed E-state index contributed by atoms with van der Waals surface area (Å²) in [5, 5.41) is 2.98. The lowest BCUT2D eigenvalue weighted by molar-refractivity contribution is 0.0938. The molecular weight excluding hydrogens is 306 g/mol. The van der Waals surface area contributed by atoms with E-state index in [1.54, 1.807) is 18.4 Å². The van der Waals surface area contributed by atoms with E-state index in [2.05, 4.69) is 21.2 Å². The standard InChI is InChI=1S/C15H16BrNO2/c1-11(4-9-14-3-2-10-19-14)17-15(18)12-5-7-13(16)8-6-12/h2-3,5-8,10-11H,4,9H2,1H3,(H,17,18). The molecule has 1 aromatic carbocycles. The Morgan fingerprint density at radius 1 is 1.32 bits per heavy atom. The first kappa shape index (κ1) is 13.9. The van der Waals surface area contributed by atoms with E-state index in [1.807, 2.05) is 31.2 Å². The highest BCUT2D eigenvalue weighted by Gasteiger charge is 2.10. The van der Waals surface area contributed by atoms with Gasteiger partial charge >= 0.3 is 0 Å². The van der Waals surface area contributed by atoms with E-state index in [1.165, 1.54) is 0 Å². The van der Waals surface area contributed by atoms with E-state index in [0.29, 0.717) is 5.56 Å². The molecule has 0 bridgehead atoms. The minimum atomic E-state index is -0.0422. The number of hydrogen-bond acceptors (Lipinski definition) is 2. The molecule has 0 aliphatic heterocycles. The van der Waals surface area contributed by atoms with Crippen LogP contribution in [0, 0.1) is 0 Å². The highest BCUT2D eigenvalue weighted by Crippen LogP contribution is 2.11. The van der Waals surface area contributed by atoms with Crippen molar-refractivity contribution in [2.24, 2.45) is 0 Å². The zero-order chi connectivity index (χ0) is 13.7. The summed E-state index contributed by atoms with van der Waals surface area (Å²) in [6.45, 7) is 2.00. The fourth-order valence-corrected chi connectivity index (χ4v) is 2.06. The number of halogens is 1. The Bertz CT molecular complexity index is 520. The van der Waals surface area contributed by atoms with Crippen LogP contribution < -0.4 is 5.32 Å². The predicted molar refractivity (Wildman–Crippen MR) is 78.1 cm³/mol. The lowest BCUT2D eigenvalue weighted by atomic mass is 10.1. The summed E-state index contributed by atoms with van der Waals surface area (Å²) in [4.78, 5) is 12.0. The van der Waals surface area contributed by atoms with Crippen molar-refractivity contribution >= 4 is 21.8 Å². The third-order valence-electron chi connectivity index (χ3n) is 2.89. The van der Waals surface area contributed by atoms with Gasteiger partial charge in [-0.25, -0.2) is 0 Å². The van der Waals surface area contributed by atoms with E-state index in [0.717, 1.165) is 23.1 Å². The lowest BCUT2D eigenvalue weighted by Crippen LogP contribution is -2.32. The Kier molecular flexibility index (Phi) is 4.80. The molecule has 4 heteroatoms. The molecule has 3 nitrogen and oxygen atoms in total. The number of aryl methyl sites for hydroxylation is 1. The zero-order valence-electron chi connectivity index (χ0n) is 10.7. The molecule has 100 valence electrons. The zero-order valence-corrected chi connectivity index (χ0v) is 12.3. The van der Waals surface area contributed by atoms with E-state index in [9.17, 15) is 4.79 Å². The fourth-order valence-electron chi connectivity index (χ4n) is 1.79. The van der Waals surface area contributed by atoms with Gasteiger partial charge in [-0.15, -0.1) is 0 Å². The third-order valence-corrected chi connectivity index (χ3v) is 3.42. The second-order valence-electron chi connectivity index (χ2n) is 4.50. The summed E-state index contributed by atoms with van der Waals surface area (Å²) in [6, 6.07) is 11.3. The summed E-state index contributed by atoms with van der Waals surface area (Å²) < 4.78 is 6.24. The smallest absolute Gasteiger partial charge is 0.251 e. The van der Waals surface area contributed by atoms with Crippen molar-refractivity contribution in [2.75, 3.05) is 0 Å². The predicted octanol–water partition coefficient (Wildman–Crippen LogP) is 3.79. The van der Waals surface area contributed by atoms with Gasteiger partial charge in [0.25, 0.3) is 5.91 Å². The molecule has 0 saturated carbocycles. The maximum Gasteiger partial charge on any atom is 0.251 e. The molecule has 1 amide bonds. The Morgan fingerprint density at radius 3 is 2.68 bits per heavy atom. The molecule has 1 N–H and O–H groups in total. The number of benzene rings is 1. The minimum Gasteiger partial charge on any atom is -0.469 e. The fraction of sp³-hybridized carbons (Fsp3) is 0.267. The van der Waals surface area contributed by atoms with Gasteiger partial charge < -0.3 is 9.73 Å². The molecule has 2 rings (SSSR count). The number of rotatable bonds is 5.